The van der Waals surface area contributed by atoms with Crippen LogP contribution < -0.4 is 11.0 Å². The molecule has 0 spiro atoms. The lowest BCUT2D eigenvalue weighted by molar-refractivity contribution is 0.0949. The van der Waals surface area contributed by atoms with E-state index < -0.39 is 5.91 Å². The van der Waals surface area contributed by atoms with Crippen LogP contribution in [0.4, 0.5) is 0 Å². The molecule has 0 aliphatic carbocycles. The number of hydrogen-bond donors (Lipinski definition) is 1. The van der Waals surface area contributed by atoms with Crippen LogP contribution in [-0.2, 0) is 0 Å². The van der Waals surface area contributed by atoms with Crippen LogP contribution in [0.5, 0.6) is 0 Å². The predicted octanol–water partition coefficient (Wildman–Crippen LogP) is 2.80. The molecule has 0 fully saturated rings. The van der Waals surface area contributed by atoms with Gasteiger partial charge >= 0.3 is 0 Å². The predicted molar refractivity (Wildman–Crippen MR) is 95.8 cm³/mol. The van der Waals surface area contributed by atoms with Gasteiger partial charge in [0, 0.05) is 10.3 Å². The van der Waals surface area contributed by atoms with Gasteiger partial charge in [-0.05, 0) is 31.4 Å². The van der Waals surface area contributed by atoms with Crippen LogP contribution in [0.25, 0.3) is 10.8 Å². The number of hydrazone groups is 1. The summed E-state index contributed by atoms with van der Waals surface area (Å²) in [6.45, 7) is 3.69. The van der Waals surface area contributed by atoms with Crippen LogP contribution >= 0.6 is 11.3 Å². The van der Waals surface area contributed by atoms with Crippen molar-refractivity contribution >= 4 is 34.2 Å². The Kier molecular flexibility index (Phi) is 4.52. The molecule has 1 N–H and O–H groups in total. The Morgan fingerprint density at radius 2 is 2.00 bits per heavy atom. The molecule has 0 bridgehead atoms. The second kappa shape index (κ2) is 6.76. The number of nitrogens with zero attached hydrogens (tertiary/aromatic N) is 3. The van der Waals surface area contributed by atoms with Crippen molar-refractivity contribution in [2.75, 3.05) is 0 Å². The molecule has 6 nitrogen and oxygen atoms in total. The van der Waals surface area contributed by atoms with Crippen LogP contribution in [0.3, 0.4) is 0 Å². The number of carbonyl (C=O) groups excluding carboxylic acids is 1. The lowest BCUT2D eigenvalue weighted by Gasteiger charge is -2.12. The van der Waals surface area contributed by atoms with E-state index >= 15 is 0 Å². The van der Waals surface area contributed by atoms with Gasteiger partial charge in [-0.3, -0.25) is 9.59 Å². The fraction of sp³-hybridized carbons (Fsp3) is 0.176. The van der Waals surface area contributed by atoms with Crippen LogP contribution in [0.15, 0.2) is 51.7 Å². The maximum absolute atomic E-state index is 12.5. The Labute approximate surface area is 142 Å². The van der Waals surface area contributed by atoms with E-state index in [0.29, 0.717) is 10.8 Å². The number of nitrogens with one attached hydrogen (secondary N) is 1. The van der Waals surface area contributed by atoms with E-state index in [1.165, 1.54) is 16.0 Å². The molecule has 24 heavy (non-hydrogen) atoms. The van der Waals surface area contributed by atoms with Gasteiger partial charge in [0.1, 0.15) is 0 Å². The van der Waals surface area contributed by atoms with Gasteiger partial charge < -0.3 is 0 Å². The van der Waals surface area contributed by atoms with Crippen molar-refractivity contribution in [1.82, 2.24) is 15.2 Å². The molecule has 0 aliphatic heterocycles. The van der Waals surface area contributed by atoms with Crippen molar-refractivity contribution in [3.8, 4) is 0 Å². The minimum atomic E-state index is -0.451. The summed E-state index contributed by atoms with van der Waals surface area (Å²) in [5.41, 5.74) is 2.45. The fourth-order valence-corrected chi connectivity index (χ4v) is 2.88. The lowest BCUT2D eigenvalue weighted by atomic mass is 10.1. The Bertz CT molecular complexity index is 958. The molecule has 3 aromatic rings. The largest absolute Gasteiger partial charge is 0.292 e. The molecule has 0 aliphatic rings. The average molecular weight is 340 g/mol. The summed E-state index contributed by atoms with van der Waals surface area (Å²) in [6.07, 6.45) is 1.57. The standard InChI is InChI=1S/C17H16N4O2S/c1-11(2)21-17(23)14-8-4-3-7-13(14)15(20-21)16(22)19-18-10-12-6-5-9-24-12/h3-11H,1-2H3,(H,19,22)/b18-10+. The van der Waals surface area contributed by atoms with Gasteiger partial charge in [-0.25, -0.2) is 10.1 Å². The monoisotopic (exact) mass is 340 g/mol. The van der Waals surface area contributed by atoms with Crippen molar-refractivity contribution in [1.29, 1.82) is 0 Å². The number of hydrogen-bond acceptors (Lipinski definition) is 5. The lowest BCUT2D eigenvalue weighted by Crippen LogP contribution is -2.30. The first kappa shape index (κ1) is 16.1. The first-order valence-corrected chi connectivity index (χ1v) is 8.34. The molecule has 3 rings (SSSR count). The van der Waals surface area contributed by atoms with Gasteiger partial charge in [0.2, 0.25) is 0 Å². The topological polar surface area (TPSA) is 76.3 Å². The molecule has 1 aromatic carbocycles. The number of aromatic nitrogens is 2. The quantitative estimate of drug-likeness (QED) is 0.586. The Balaban J connectivity index is 2.00. The highest BCUT2D eigenvalue weighted by Crippen LogP contribution is 2.14. The molecule has 2 heterocycles. The summed E-state index contributed by atoms with van der Waals surface area (Å²) in [5, 5.41) is 11.1. The van der Waals surface area contributed by atoms with Gasteiger partial charge in [0.15, 0.2) is 5.69 Å². The number of thiophene rings is 1. The van der Waals surface area contributed by atoms with Crippen LogP contribution in [0.1, 0.15) is 35.3 Å². The first-order chi connectivity index (χ1) is 11.6. The molecular formula is C17H16N4O2S. The summed E-state index contributed by atoms with van der Waals surface area (Å²) >= 11 is 1.52. The van der Waals surface area contributed by atoms with Crippen LogP contribution in [-0.4, -0.2) is 21.9 Å². The highest BCUT2D eigenvalue weighted by atomic mass is 32.1. The van der Waals surface area contributed by atoms with E-state index in [9.17, 15) is 9.59 Å². The van der Waals surface area contributed by atoms with E-state index in [1.807, 2.05) is 31.4 Å². The molecular weight excluding hydrogens is 324 g/mol. The van der Waals surface area contributed by atoms with Crippen molar-refractivity contribution in [2.45, 2.75) is 19.9 Å². The zero-order valence-corrected chi connectivity index (χ0v) is 14.1. The molecule has 122 valence electrons. The van der Waals surface area contributed by atoms with Crippen molar-refractivity contribution in [3.63, 3.8) is 0 Å². The zero-order valence-electron chi connectivity index (χ0n) is 13.3. The van der Waals surface area contributed by atoms with E-state index in [-0.39, 0.29) is 17.3 Å². The number of rotatable bonds is 4. The zero-order chi connectivity index (χ0) is 17.1. The number of carbonyl (C=O) groups is 1. The van der Waals surface area contributed by atoms with Crippen LogP contribution in [0.2, 0.25) is 0 Å². The number of fused-ring (bicyclic) bond motifs is 1. The van der Waals surface area contributed by atoms with E-state index in [4.69, 9.17) is 0 Å². The molecule has 0 radical (unpaired) electrons. The third kappa shape index (κ3) is 3.11. The molecule has 0 atom stereocenters. The van der Waals surface area contributed by atoms with Gasteiger partial charge in [-0.15, -0.1) is 11.3 Å². The Hall–Kier alpha value is -2.80. The first-order valence-electron chi connectivity index (χ1n) is 7.46. The normalized spacial score (nSPS) is 11.5. The molecule has 0 saturated carbocycles. The number of amides is 1. The summed E-state index contributed by atoms with van der Waals surface area (Å²) in [6, 6.07) is 10.6. The second-order valence-electron chi connectivity index (χ2n) is 5.45. The maximum atomic E-state index is 12.5. The summed E-state index contributed by atoms with van der Waals surface area (Å²) < 4.78 is 1.32. The Morgan fingerprint density at radius 1 is 1.25 bits per heavy atom. The molecule has 7 heteroatoms. The van der Waals surface area contributed by atoms with Gasteiger partial charge in [0.25, 0.3) is 11.5 Å². The van der Waals surface area contributed by atoms with Gasteiger partial charge in [-0.2, -0.15) is 10.2 Å². The number of benzene rings is 1. The van der Waals surface area contributed by atoms with Gasteiger partial charge in [0.05, 0.1) is 17.6 Å². The summed E-state index contributed by atoms with van der Waals surface area (Å²) in [5.74, 6) is -0.451. The smallest absolute Gasteiger partial charge is 0.267 e. The second-order valence-corrected chi connectivity index (χ2v) is 6.43. The fourth-order valence-electron chi connectivity index (χ4n) is 2.30. The molecule has 0 saturated heterocycles. The molecule has 0 unspecified atom stereocenters. The molecule has 1 amide bonds. The van der Waals surface area contributed by atoms with E-state index in [2.05, 4.69) is 15.6 Å². The SMILES string of the molecule is CC(C)n1nc(C(=O)N/N=C/c2cccs2)c2ccccc2c1=O. The summed E-state index contributed by atoms with van der Waals surface area (Å²) in [4.78, 5) is 25.9. The highest BCUT2D eigenvalue weighted by Gasteiger charge is 2.17. The maximum Gasteiger partial charge on any atom is 0.292 e. The van der Waals surface area contributed by atoms with E-state index in [1.54, 1.807) is 30.5 Å². The van der Waals surface area contributed by atoms with Crippen molar-refractivity contribution in [2.24, 2.45) is 5.10 Å². The van der Waals surface area contributed by atoms with Gasteiger partial charge in [-0.1, -0.05) is 24.3 Å². The minimum absolute atomic E-state index is 0.150. The summed E-state index contributed by atoms with van der Waals surface area (Å²) in [7, 11) is 0. The van der Waals surface area contributed by atoms with Crippen LogP contribution in [0, 0.1) is 0 Å². The minimum Gasteiger partial charge on any atom is -0.267 e. The van der Waals surface area contributed by atoms with Crippen molar-refractivity contribution in [3.05, 3.63) is 62.7 Å². The Morgan fingerprint density at radius 3 is 2.67 bits per heavy atom. The van der Waals surface area contributed by atoms with Crippen molar-refractivity contribution < 1.29 is 4.79 Å². The highest BCUT2D eigenvalue weighted by molar-refractivity contribution is 7.11. The van der Waals surface area contributed by atoms with E-state index in [0.717, 1.165) is 4.88 Å². The third-order valence-electron chi connectivity index (χ3n) is 3.43. The molecule has 2 aromatic heterocycles. The average Bonchev–Trinajstić information content (AvgIpc) is 3.08. The third-order valence-corrected chi connectivity index (χ3v) is 4.24.